The number of rotatable bonds is 5. The van der Waals surface area contributed by atoms with E-state index in [-0.39, 0.29) is 17.7 Å². The standard InChI is InChI=1S/C25H25F4N7O/c1-15-11-35(12-16(2)34(15)3)20-6-4-5-17(9-20)22-14-36(33-30-22)13-19-8-7-18(10-21(19)26)23-31-32-24(37-23)25(27,28)29/h4-10,14-16H,11-13H2,1-3H3/t15-,16+. The molecule has 1 fully saturated rings. The highest BCUT2D eigenvalue weighted by molar-refractivity contribution is 5.65. The van der Waals surface area contributed by atoms with Gasteiger partial charge in [0.15, 0.2) is 0 Å². The van der Waals surface area contributed by atoms with E-state index in [1.807, 2.05) is 12.1 Å². The lowest BCUT2D eigenvalue weighted by molar-refractivity contribution is -0.156. The van der Waals surface area contributed by atoms with Crippen molar-refractivity contribution in [1.29, 1.82) is 0 Å². The normalized spacial score (nSPS) is 18.9. The summed E-state index contributed by atoms with van der Waals surface area (Å²) in [6, 6.07) is 12.9. The zero-order chi connectivity index (χ0) is 26.3. The van der Waals surface area contributed by atoms with Crippen molar-refractivity contribution in [1.82, 2.24) is 30.1 Å². The Hall–Kier alpha value is -3.80. The predicted molar refractivity (Wildman–Crippen MR) is 128 cm³/mol. The van der Waals surface area contributed by atoms with E-state index in [0.717, 1.165) is 30.4 Å². The molecule has 0 bridgehead atoms. The van der Waals surface area contributed by atoms with Crippen LogP contribution < -0.4 is 4.90 Å². The smallest absolute Gasteiger partial charge is 0.413 e. The van der Waals surface area contributed by atoms with Crippen molar-refractivity contribution < 1.29 is 22.0 Å². The molecular formula is C25H25F4N7O. The number of hydrogen-bond acceptors (Lipinski definition) is 7. The highest BCUT2D eigenvalue weighted by Gasteiger charge is 2.38. The highest BCUT2D eigenvalue weighted by atomic mass is 19.4. The summed E-state index contributed by atoms with van der Waals surface area (Å²) in [6.07, 6.45) is -3.04. The maximum Gasteiger partial charge on any atom is 0.470 e. The molecule has 1 saturated heterocycles. The second-order valence-electron chi connectivity index (χ2n) is 9.34. The molecule has 0 unspecified atom stereocenters. The molecule has 8 nitrogen and oxygen atoms in total. The summed E-state index contributed by atoms with van der Waals surface area (Å²) in [4.78, 5) is 4.74. The summed E-state index contributed by atoms with van der Waals surface area (Å²) in [6.45, 7) is 6.36. The van der Waals surface area contributed by atoms with Crippen LogP contribution in [0.3, 0.4) is 0 Å². The van der Waals surface area contributed by atoms with Crippen molar-refractivity contribution in [2.45, 2.75) is 38.7 Å². The van der Waals surface area contributed by atoms with E-state index < -0.39 is 23.8 Å². The molecule has 0 amide bonds. The molecule has 2 aromatic carbocycles. The molecule has 0 aliphatic carbocycles. The summed E-state index contributed by atoms with van der Waals surface area (Å²) in [5.74, 6) is -2.53. The summed E-state index contributed by atoms with van der Waals surface area (Å²) >= 11 is 0. The number of alkyl halides is 3. The van der Waals surface area contributed by atoms with Crippen LogP contribution in [-0.4, -0.2) is 62.3 Å². The lowest BCUT2D eigenvalue weighted by atomic mass is 10.1. The highest BCUT2D eigenvalue weighted by Crippen LogP contribution is 2.31. The monoisotopic (exact) mass is 515 g/mol. The van der Waals surface area contributed by atoms with Gasteiger partial charge in [-0.1, -0.05) is 23.4 Å². The molecule has 0 radical (unpaired) electrons. The molecule has 0 N–H and O–H groups in total. The van der Waals surface area contributed by atoms with E-state index in [2.05, 4.69) is 67.8 Å². The van der Waals surface area contributed by atoms with Crippen LogP contribution in [0, 0.1) is 5.82 Å². The lowest BCUT2D eigenvalue weighted by Crippen LogP contribution is -2.55. The van der Waals surface area contributed by atoms with E-state index in [0.29, 0.717) is 17.8 Å². The van der Waals surface area contributed by atoms with E-state index >= 15 is 0 Å². The number of halogens is 4. The van der Waals surface area contributed by atoms with Crippen LogP contribution in [0.1, 0.15) is 25.3 Å². The Kier molecular flexibility index (Phi) is 6.44. The minimum atomic E-state index is -4.77. The van der Waals surface area contributed by atoms with Gasteiger partial charge >= 0.3 is 12.1 Å². The molecule has 4 aromatic rings. The Morgan fingerprint density at radius 3 is 2.41 bits per heavy atom. The third-order valence-electron chi connectivity index (χ3n) is 6.71. The number of likely N-dealkylation sites (N-methyl/N-ethyl adjacent to an activating group) is 1. The van der Waals surface area contributed by atoms with Crippen LogP contribution in [0.25, 0.3) is 22.7 Å². The molecule has 2 aromatic heterocycles. The first-order valence-corrected chi connectivity index (χ1v) is 11.8. The van der Waals surface area contributed by atoms with E-state index in [1.54, 1.807) is 6.20 Å². The molecule has 5 rings (SSSR count). The first-order valence-electron chi connectivity index (χ1n) is 11.8. The van der Waals surface area contributed by atoms with Crippen molar-refractivity contribution >= 4 is 5.69 Å². The molecule has 1 aliphatic rings. The number of piperazine rings is 1. The second kappa shape index (κ2) is 9.58. The fourth-order valence-corrected chi connectivity index (χ4v) is 4.42. The molecule has 37 heavy (non-hydrogen) atoms. The molecule has 0 saturated carbocycles. The van der Waals surface area contributed by atoms with Gasteiger partial charge in [-0.2, -0.15) is 13.2 Å². The topological polar surface area (TPSA) is 76.1 Å². The molecule has 3 heterocycles. The van der Waals surface area contributed by atoms with Gasteiger partial charge in [0, 0.05) is 47.6 Å². The third kappa shape index (κ3) is 5.19. The van der Waals surface area contributed by atoms with Crippen molar-refractivity contribution in [2.75, 3.05) is 25.0 Å². The average molecular weight is 516 g/mol. The largest absolute Gasteiger partial charge is 0.470 e. The van der Waals surface area contributed by atoms with Gasteiger partial charge in [0.05, 0.1) is 12.7 Å². The Morgan fingerprint density at radius 1 is 0.973 bits per heavy atom. The third-order valence-corrected chi connectivity index (χ3v) is 6.71. The summed E-state index contributed by atoms with van der Waals surface area (Å²) in [5.41, 5.74) is 2.99. The van der Waals surface area contributed by atoms with Gasteiger partial charge in [-0.25, -0.2) is 9.07 Å². The second-order valence-corrected chi connectivity index (χ2v) is 9.34. The quantitative estimate of drug-likeness (QED) is 0.356. The van der Waals surface area contributed by atoms with Crippen LogP contribution in [0.15, 0.2) is 53.1 Å². The predicted octanol–water partition coefficient (Wildman–Crippen LogP) is 4.73. The van der Waals surface area contributed by atoms with Gasteiger partial charge in [-0.3, -0.25) is 4.90 Å². The molecule has 194 valence electrons. The van der Waals surface area contributed by atoms with Gasteiger partial charge in [-0.15, -0.1) is 15.3 Å². The van der Waals surface area contributed by atoms with Crippen LogP contribution >= 0.6 is 0 Å². The number of aromatic nitrogens is 5. The Morgan fingerprint density at radius 2 is 1.73 bits per heavy atom. The number of anilines is 1. The zero-order valence-corrected chi connectivity index (χ0v) is 20.4. The molecule has 12 heteroatoms. The van der Waals surface area contributed by atoms with E-state index in [1.165, 1.54) is 16.8 Å². The molecule has 2 atom stereocenters. The van der Waals surface area contributed by atoms with E-state index in [9.17, 15) is 17.6 Å². The van der Waals surface area contributed by atoms with Gasteiger partial charge in [-0.05, 0) is 45.2 Å². The molecule has 1 aliphatic heterocycles. The summed E-state index contributed by atoms with van der Waals surface area (Å²) in [5, 5.41) is 14.7. The maximum atomic E-state index is 14.8. The van der Waals surface area contributed by atoms with Crippen LogP contribution in [-0.2, 0) is 12.7 Å². The Bertz CT molecular complexity index is 1390. The summed E-state index contributed by atoms with van der Waals surface area (Å²) < 4.78 is 59.0. The van der Waals surface area contributed by atoms with Crippen LogP contribution in [0.4, 0.5) is 23.2 Å². The fraction of sp³-hybridized carbons (Fsp3) is 0.360. The molecule has 0 spiro atoms. The SMILES string of the molecule is C[C@@H]1CN(c2cccc(-c3cn(Cc4ccc(-c5nnc(C(F)(F)F)o5)cc4F)nn3)c2)C[C@H](C)N1C. The van der Waals surface area contributed by atoms with Gasteiger partial charge in [0.25, 0.3) is 0 Å². The number of benzene rings is 2. The number of nitrogens with zero attached hydrogens (tertiary/aromatic N) is 7. The van der Waals surface area contributed by atoms with Crippen molar-refractivity contribution in [3.05, 3.63) is 65.9 Å². The van der Waals surface area contributed by atoms with Crippen molar-refractivity contribution in [3.8, 4) is 22.7 Å². The van der Waals surface area contributed by atoms with Crippen LogP contribution in [0.2, 0.25) is 0 Å². The fourth-order valence-electron chi connectivity index (χ4n) is 4.42. The van der Waals surface area contributed by atoms with Gasteiger partial charge in [0.2, 0.25) is 5.89 Å². The molecular weight excluding hydrogens is 490 g/mol. The minimum absolute atomic E-state index is 0.0490. The Balaban J connectivity index is 1.31. The Labute approximate surface area is 210 Å². The minimum Gasteiger partial charge on any atom is -0.413 e. The summed E-state index contributed by atoms with van der Waals surface area (Å²) in [7, 11) is 2.15. The maximum absolute atomic E-state index is 14.8. The van der Waals surface area contributed by atoms with Crippen LogP contribution in [0.5, 0.6) is 0 Å². The number of hydrogen-bond donors (Lipinski definition) is 0. The first kappa shape index (κ1) is 24.9. The lowest BCUT2D eigenvalue weighted by Gasteiger charge is -2.43. The van der Waals surface area contributed by atoms with Crippen molar-refractivity contribution in [3.63, 3.8) is 0 Å². The zero-order valence-electron chi connectivity index (χ0n) is 20.4. The van der Waals surface area contributed by atoms with Gasteiger partial charge < -0.3 is 9.32 Å². The first-order chi connectivity index (χ1) is 17.6. The van der Waals surface area contributed by atoms with Crippen molar-refractivity contribution in [2.24, 2.45) is 0 Å². The average Bonchev–Trinajstić information content (AvgIpc) is 3.54. The van der Waals surface area contributed by atoms with E-state index in [4.69, 9.17) is 0 Å². The van der Waals surface area contributed by atoms with Gasteiger partial charge in [0.1, 0.15) is 11.5 Å².